The largest absolute Gasteiger partial charge is 0.380 e. The zero-order valence-electron chi connectivity index (χ0n) is 10.8. The molecule has 0 unspecified atom stereocenters. The second kappa shape index (κ2) is 5.87. The molecular weight excluding hydrogens is 281 g/mol. The molecule has 0 radical (unpaired) electrons. The first-order valence-corrected chi connectivity index (χ1v) is 7.74. The Kier molecular flexibility index (Phi) is 4.19. The van der Waals surface area contributed by atoms with E-state index in [1.54, 1.807) is 24.3 Å². The van der Waals surface area contributed by atoms with Gasteiger partial charge in [0.15, 0.2) is 0 Å². The van der Waals surface area contributed by atoms with Crippen LogP contribution in [0.25, 0.3) is 0 Å². The molecule has 0 atom stereocenters. The van der Waals surface area contributed by atoms with Gasteiger partial charge in [-0.1, -0.05) is 12.1 Å². The highest BCUT2D eigenvalue weighted by Gasteiger charge is 2.02. The Morgan fingerprint density at radius 2 is 1.85 bits per heavy atom. The Morgan fingerprint density at radius 1 is 1.15 bits per heavy atom. The summed E-state index contributed by atoms with van der Waals surface area (Å²) in [4.78, 5) is 3.98. The van der Waals surface area contributed by atoms with E-state index in [9.17, 15) is 12.8 Å². The fourth-order valence-corrected chi connectivity index (χ4v) is 2.06. The maximum atomic E-state index is 12.7. The van der Waals surface area contributed by atoms with Crippen LogP contribution in [0.3, 0.4) is 0 Å². The monoisotopic (exact) mass is 295 g/mol. The molecule has 1 aromatic carbocycles. The summed E-state index contributed by atoms with van der Waals surface area (Å²) >= 11 is 0. The van der Waals surface area contributed by atoms with Gasteiger partial charge in [-0.05, 0) is 29.8 Å². The maximum Gasteiger partial charge on any atom is 0.230 e. The molecule has 5 nitrogen and oxygen atoms in total. The molecular formula is C13H14FN3O2S. The third-order valence-electron chi connectivity index (χ3n) is 2.46. The summed E-state index contributed by atoms with van der Waals surface area (Å²) in [7, 11) is -3.32. The molecule has 0 saturated heterocycles. The minimum absolute atomic E-state index is 0.264. The lowest BCUT2D eigenvalue weighted by atomic mass is 10.2. The van der Waals surface area contributed by atoms with Gasteiger partial charge in [-0.25, -0.2) is 17.8 Å². The van der Waals surface area contributed by atoms with Crippen LogP contribution in [0.5, 0.6) is 0 Å². The summed E-state index contributed by atoms with van der Waals surface area (Å²) in [5, 5.41) is 3.11. The molecule has 0 spiro atoms. The smallest absolute Gasteiger partial charge is 0.230 e. The second-order valence-electron chi connectivity index (χ2n) is 4.29. The topological polar surface area (TPSA) is 71.1 Å². The molecule has 0 aliphatic rings. The van der Waals surface area contributed by atoms with E-state index >= 15 is 0 Å². The Balaban J connectivity index is 1.95. The normalized spacial score (nSPS) is 11.1. The van der Waals surface area contributed by atoms with E-state index in [-0.39, 0.29) is 11.6 Å². The molecule has 0 fully saturated rings. The summed E-state index contributed by atoms with van der Waals surface area (Å²) in [6.07, 6.45) is 2.59. The second-order valence-corrected chi connectivity index (χ2v) is 6.03. The van der Waals surface area contributed by atoms with Crippen molar-refractivity contribution in [2.45, 2.75) is 6.54 Å². The van der Waals surface area contributed by atoms with Crippen molar-refractivity contribution < 1.29 is 12.8 Å². The van der Waals surface area contributed by atoms with Crippen LogP contribution in [0.2, 0.25) is 0 Å². The van der Waals surface area contributed by atoms with Crippen LogP contribution in [-0.2, 0) is 16.6 Å². The van der Waals surface area contributed by atoms with E-state index in [1.165, 1.54) is 18.3 Å². The summed E-state index contributed by atoms with van der Waals surface area (Å²) in [5.41, 5.74) is 1.68. The first-order valence-electron chi connectivity index (χ1n) is 5.84. The number of aromatic nitrogens is 1. The van der Waals surface area contributed by atoms with Crippen molar-refractivity contribution in [3.05, 3.63) is 54.0 Å². The predicted molar refractivity (Wildman–Crippen MR) is 76.4 cm³/mol. The Hall–Kier alpha value is -2.15. The molecule has 7 heteroatoms. The number of hydrogen-bond donors (Lipinski definition) is 2. The lowest BCUT2D eigenvalue weighted by Crippen LogP contribution is -2.10. The quantitative estimate of drug-likeness (QED) is 0.887. The standard InChI is InChI=1S/C13H14FN3O2S/c1-20(18,19)17-13-7-6-12(9-16-13)15-8-10-2-4-11(14)5-3-10/h2-7,9,15H,8H2,1H3,(H,16,17). The molecule has 0 aliphatic heterocycles. The number of anilines is 2. The van der Waals surface area contributed by atoms with Crippen LogP contribution in [0.4, 0.5) is 15.9 Å². The Labute approximate surface area is 116 Å². The minimum Gasteiger partial charge on any atom is -0.380 e. The maximum absolute atomic E-state index is 12.7. The van der Waals surface area contributed by atoms with E-state index in [0.29, 0.717) is 6.54 Å². The van der Waals surface area contributed by atoms with Gasteiger partial charge in [0.1, 0.15) is 11.6 Å². The molecule has 2 aromatic rings. The van der Waals surface area contributed by atoms with Crippen molar-refractivity contribution in [3.63, 3.8) is 0 Å². The van der Waals surface area contributed by atoms with Crippen molar-refractivity contribution >= 4 is 21.5 Å². The summed E-state index contributed by atoms with van der Waals surface area (Å²) in [5.74, 6) is -0.00792. The first-order chi connectivity index (χ1) is 9.42. The van der Waals surface area contributed by atoms with Crippen molar-refractivity contribution in [1.29, 1.82) is 0 Å². The molecule has 1 heterocycles. The number of nitrogens with zero attached hydrogens (tertiary/aromatic N) is 1. The number of sulfonamides is 1. The lowest BCUT2D eigenvalue weighted by Gasteiger charge is -2.07. The molecule has 1 aromatic heterocycles. The molecule has 0 amide bonds. The summed E-state index contributed by atoms with van der Waals surface area (Å²) < 4.78 is 37.1. The van der Waals surface area contributed by atoms with Crippen molar-refractivity contribution in [1.82, 2.24) is 4.98 Å². The molecule has 2 N–H and O–H groups in total. The van der Waals surface area contributed by atoms with Gasteiger partial charge in [-0.15, -0.1) is 0 Å². The van der Waals surface area contributed by atoms with Crippen LogP contribution in [-0.4, -0.2) is 19.7 Å². The zero-order chi connectivity index (χ0) is 14.6. The van der Waals surface area contributed by atoms with Crippen LogP contribution in [0.1, 0.15) is 5.56 Å². The number of hydrogen-bond acceptors (Lipinski definition) is 4. The van der Waals surface area contributed by atoms with Gasteiger partial charge in [0, 0.05) is 6.54 Å². The van der Waals surface area contributed by atoms with Gasteiger partial charge < -0.3 is 5.32 Å². The third kappa shape index (κ3) is 4.51. The molecule has 0 saturated carbocycles. The summed E-state index contributed by atoms with van der Waals surface area (Å²) in [6.45, 7) is 0.529. The average Bonchev–Trinajstić information content (AvgIpc) is 2.38. The van der Waals surface area contributed by atoms with Gasteiger partial charge in [-0.3, -0.25) is 4.72 Å². The summed E-state index contributed by atoms with van der Waals surface area (Å²) in [6, 6.07) is 9.45. The van der Waals surface area contributed by atoms with Gasteiger partial charge >= 0.3 is 0 Å². The van der Waals surface area contributed by atoms with Gasteiger partial charge in [0.05, 0.1) is 18.1 Å². The molecule has 2 rings (SSSR count). The molecule has 0 bridgehead atoms. The number of nitrogens with one attached hydrogen (secondary N) is 2. The number of benzene rings is 1. The molecule has 0 aliphatic carbocycles. The van der Waals surface area contributed by atoms with Crippen LogP contribution in [0.15, 0.2) is 42.6 Å². The van der Waals surface area contributed by atoms with Crippen molar-refractivity contribution in [2.24, 2.45) is 0 Å². The fourth-order valence-electron chi connectivity index (χ4n) is 1.56. The minimum atomic E-state index is -3.32. The third-order valence-corrected chi connectivity index (χ3v) is 3.04. The SMILES string of the molecule is CS(=O)(=O)Nc1ccc(NCc2ccc(F)cc2)cn1. The van der Waals surface area contributed by atoms with E-state index in [4.69, 9.17) is 0 Å². The Bertz CT molecular complexity index is 670. The van der Waals surface area contributed by atoms with Crippen molar-refractivity contribution in [2.75, 3.05) is 16.3 Å². The highest BCUT2D eigenvalue weighted by Crippen LogP contribution is 2.12. The van der Waals surface area contributed by atoms with Crippen LogP contribution >= 0.6 is 0 Å². The number of pyridine rings is 1. The first kappa shape index (κ1) is 14.3. The Morgan fingerprint density at radius 3 is 2.40 bits per heavy atom. The van der Waals surface area contributed by atoms with E-state index in [2.05, 4.69) is 15.0 Å². The van der Waals surface area contributed by atoms with Crippen molar-refractivity contribution in [3.8, 4) is 0 Å². The number of rotatable bonds is 5. The van der Waals surface area contributed by atoms with E-state index in [0.717, 1.165) is 17.5 Å². The zero-order valence-corrected chi connectivity index (χ0v) is 11.6. The van der Waals surface area contributed by atoms with Gasteiger partial charge in [-0.2, -0.15) is 0 Å². The van der Waals surface area contributed by atoms with Crippen LogP contribution < -0.4 is 10.0 Å². The fraction of sp³-hybridized carbons (Fsp3) is 0.154. The van der Waals surface area contributed by atoms with Gasteiger partial charge in [0.2, 0.25) is 10.0 Å². The van der Waals surface area contributed by atoms with Gasteiger partial charge in [0.25, 0.3) is 0 Å². The van der Waals surface area contributed by atoms with E-state index < -0.39 is 10.0 Å². The molecule has 106 valence electrons. The van der Waals surface area contributed by atoms with E-state index in [1.807, 2.05) is 0 Å². The number of halogens is 1. The lowest BCUT2D eigenvalue weighted by molar-refractivity contribution is 0.606. The molecule has 20 heavy (non-hydrogen) atoms. The average molecular weight is 295 g/mol. The highest BCUT2D eigenvalue weighted by molar-refractivity contribution is 7.92. The predicted octanol–water partition coefficient (Wildman–Crippen LogP) is 2.20. The van der Waals surface area contributed by atoms with Crippen LogP contribution in [0, 0.1) is 5.82 Å². The highest BCUT2D eigenvalue weighted by atomic mass is 32.2.